The fourth-order valence-corrected chi connectivity index (χ4v) is 3.11. The number of nitrogens with zero attached hydrogens (tertiary/aromatic N) is 2. The van der Waals surface area contributed by atoms with E-state index >= 15 is 0 Å². The van der Waals surface area contributed by atoms with E-state index in [0.29, 0.717) is 13.0 Å². The molecule has 1 aromatic carbocycles. The van der Waals surface area contributed by atoms with Gasteiger partial charge in [-0.2, -0.15) is 0 Å². The van der Waals surface area contributed by atoms with Crippen LogP contribution in [0.4, 0.5) is 5.13 Å². The van der Waals surface area contributed by atoms with Crippen LogP contribution in [0.15, 0.2) is 35.7 Å². The number of carbonyl (C=O) groups is 1. The summed E-state index contributed by atoms with van der Waals surface area (Å²) >= 11 is 7.47. The van der Waals surface area contributed by atoms with Crippen LogP contribution >= 0.6 is 22.9 Å². The highest BCUT2D eigenvalue weighted by atomic mass is 35.5. The molecule has 1 aromatic heterocycles. The van der Waals surface area contributed by atoms with Crippen LogP contribution in [-0.2, 0) is 4.79 Å². The number of hydrogen-bond acceptors (Lipinski definition) is 3. The summed E-state index contributed by atoms with van der Waals surface area (Å²) in [5.74, 6) is 0.0592. The summed E-state index contributed by atoms with van der Waals surface area (Å²) in [6, 6.07) is 9.94. The van der Waals surface area contributed by atoms with E-state index in [4.69, 9.17) is 11.6 Å². The maximum atomic E-state index is 11.7. The van der Waals surface area contributed by atoms with Crippen molar-refractivity contribution in [2.45, 2.75) is 11.8 Å². The van der Waals surface area contributed by atoms with E-state index in [9.17, 15) is 4.79 Å². The summed E-state index contributed by atoms with van der Waals surface area (Å²) in [5.41, 5.74) is 1.97. The van der Waals surface area contributed by atoms with Crippen LogP contribution in [0.1, 0.15) is 6.42 Å². The van der Waals surface area contributed by atoms with Gasteiger partial charge in [-0.3, -0.25) is 9.69 Å². The third-order valence-electron chi connectivity index (χ3n) is 2.87. The quantitative estimate of drug-likeness (QED) is 0.791. The first-order chi connectivity index (χ1) is 8.74. The van der Waals surface area contributed by atoms with Crippen molar-refractivity contribution in [1.29, 1.82) is 0 Å². The number of amides is 1. The zero-order chi connectivity index (χ0) is 12.5. The van der Waals surface area contributed by atoms with Crippen molar-refractivity contribution >= 4 is 34.0 Å². The van der Waals surface area contributed by atoms with Crippen molar-refractivity contribution in [2.75, 3.05) is 11.4 Å². The number of rotatable bonds is 2. The Morgan fingerprint density at radius 1 is 1.33 bits per heavy atom. The van der Waals surface area contributed by atoms with Crippen LogP contribution in [0, 0.1) is 0 Å². The monoisotopic (exact) mass is 278 g/mol. The second-order valence-corrected chi connectivity index (χ2v) is 5.64. The van der Waals surface area contributed by atoms with E-state index < -0.39 is 0 Å². The predicted octanol–water partition coefficient (Wildman–Crippen LogP) is 3.15. The minimum Gasteiger partial charge on any atom is -0.287 e. The van der Waals surface area contributed by atoms with E-state index in [-0.39, 0.29) is 11.3 Å². The lowest BCUT2D eigenvalue weighted by atomic mass is 10.2. The van der Waals surface area contributed by atoms with Gasteiger partial charge < -0.3 is 0 Å². The van der Waals surface area contributed by atoms with Crippen LogP contribution < -0.4 is 4.90 Å². The normalized spacial score (nSPS) is 19.5. The van der Waals surface area contributed by atoms with Crippen LogP contribution in [0.3, 0.4) is 0 Å². The number of thiazole rings is 1. The SMILES string of the molecule is O=C1CC(Cl)CN1c1nc(-c2ccccc2)cs1. The highest BCUT2D eigenvalue weighted by Gasteiger charge is 2.30. The third-order valence-corrected chi connectivity index (χ3v) is 4.03. The Labute approximate surface area is 114 Å². The summed E-state index contributed by atoms with van der Waals surface area (Å²) in [7, 11) is 0. The second-order valence-electron chi connectivity index (χ2n) is 4.19. The Hall–Kier alpha value is -1.39. The maximum Gasteiger partial charge on any atom is 0.230 e. The largest absolute Gasteiger partial charge is 0.287 e. The molecule has 1 aliphatic rings. The van der Waals surface area contributed by atoms with Crippen molar-refractivity contribution in [1.82, 2.24) is 4.98 Å². The lowest BCUT2D eigenvalue weighted by Gasteiger charge is -2.10. The first-order valence-corrected chi connectivity index (χ1v) is 7.01. The molecule has 0 aliphatic carbocycles. The van der Waals surface area contributed by atoms with E-state index in [0.717, 1.165) is 16.4 Å². The standard InChI is InChI=1S/C13H11ClN2OS/c14-10-6-12(17)16(7-10)13-15-11(8-18-13)9-4-2-1-3-5-9/h1-5,8,10H,6-7H2. The van der Waals surface area contributed by atoms with Gasteiger partial charge >= 0.3 is 0 Å². The Balaban J connectivity index is 1.88. The molecule has 18 heavy (non-hydrogen) atoms. The second kappa shape index (κ2) is 4.71. The van der Waals surface area contributed by atoms with Crippen LogP contribution in [0.5, 0.6) is 0 Å². The van der Waals surface area contributed by atoms with Crippen molar-refractivity contribution in [2.24, 2.45) is 0 Å². The third kappa shape index (κ3) is 2.13. The molecule has 0 spiro atoms. The lowest BCUT2D eigenvalue weighted by Crippen LogP contribution is -2.24. The molecule has 0 radical (unpaired) electrons. The van der Waals surface area contributed by atoms with Gasteiger partial charge in [0.25, 0.3) is 0 Å². The smallest absolute Gasteiger partial charge is 0.230 e. The number of halogens is 1. The zero-order valence-corrected chi connectivity index (χ0v) is 11.1. The average molecular weight is 279 g/mol. The Morgan fingerprint density at radius 2 is 2.11 bits per heavy atom. The minimum absolute atomic E-state index is 0.0592. The van der Waals surface area contributed by atoms with Crippen molar-refractivity contribution in [3.8, 4) is 11.3 Å². The van der Waals surface area contributed by atoms with Crippen molar-refractivity contribution in [3.63, 3.8) is 0 Å². The first-order valence-electron chi connectivity index (χ1n) is 5.69. The molecule has 3 nitrogen and oxygen atoms in total. The minimum atomic E-state index is -0.0958. The van der Waals surface area contributed by atoms with E-state index in [2.05, 4.69) is 4.98 Å². The molecule has 0 N–H and O–H groups in total. The molecule has 0 saturated carbocycles. The Bertz CT molecular complexity index is 569. The topological polar surface area (TPSA) is 33.2 Å². The van der Waals surface area contributed by atoms with Gasteiger partial charge in [0.15, 0.2) is 5.13 Å². The number of benzene rings is 1. The molecule has 1 fully saturated rings. The highest BCUT2D eigenvalue weighted by Crippen LogP contribution is 2.30. The van der Waals surface area contributed by atoms with Gasteiger partial charge in [0.2, 0.25) is 5.91 Å². The van der Waals surface area contributed by atoms with Gasteiger partial charge in [-0.1, -0.05) is 30.3 Å². The fourth-order valence-electron chi connectivity index (χ4n) is 1.98. The van der Waals surface area contributed by atoms with Gasteiger partial charge in [-0.15, -0.1) is 22.9 Å². The van der Waals surface area contributed by atoms with Crippen molar-refractivity contribution < 1.29 is 4.79 Å². The summed E-state index contributed by atoms with van der Waals surface area (Å²) in [6.07, 6.45) is 0.405. The van der Waals surface area contributed by atoms with Crippen LogP contribution in [0.2, 0.25) is 0 Å². The number of hydrogen-bond donors (Lipinski definition) is 0. The summed E-state index contributed by atoms with van der Waals surface area (Å²) in [5, 5.41) is 2.61. The molecule has 1 aliphatic heterocycles. The van der Waals surface area contributed by atoms with E-state index in [1.807, 2.05) is 35.7 Å². The van der Waals surface area contributed by atoms with Gasteiger partial charge in [0.05, 0.1) is 11.1 Å². The number of carbonyl (C=O) groups excluding carboxylic acids is 1. The van der Waals surface area contributed by atoms with Crippen LogP contribution in [-0.4, -0.2) is 22.8 Å². The predicted molar refractivity (Wildman–Crippen MR) is 74.2 cm³/mol. The summed E-state index contributed by atoms with van der Waals surface area (Å²) in [6.45, 7) is 0.558. The molecule has 2 heterocycles. The number of aromatic nitrogens is 1. The fraction of sp³-hybridized carbons (Fsp3) is 0.231. The molecule has 2 aromatic rings. The lowest BCUT2D eigenvalue weighted by molar-refractivity contribution is -0.117. The number of anilines is 1. The maximum absolute atomic E-state index is 11.7. The van der Waals surface area contributed by atoms with Gasteiger partial charge in [0, 0.05) is 23.9 Å². The average Bonchev–Trinajstić information content (AvgIpc) is 2.97. The number of alkyl halides is 1. The molecular formula is C13H11ClN2OS. The van der Waals surface area contributed by atoms with Crippen LogP contribution in [0.25, 0.3) is 11.3 Å². The van der Waals surface area contributed by atoms with E-state index in [1.54, 1.807) is 4.90 Å². The first kappa shape index (κ1) is 11.7. The summed E-state index contributed by atoms with van der Waals surface area (Å²) in [4.78, 5) is 17.9. The van der Waals surface area contributed by atoms with Gasteiger partial charge in [-0.05, 0) is 0 Å². The molecule has 3 rings (SSSR count). The summed E-state index contributed by atoms with van der Waals surface area (Å²) < 4.78 is 0. The van der Waals surface area contributed by atoms with Gasteiger partial charge in [-0.25, -0.2) is 4.98 Å². The van der Waals surface area contributed by atoms with E-state index in [1.165, 1.54) is 11.3 Å². The highest BCUT2D eigenvalue weighted by molar-refractivity contribution is 7.14. The Kier molecular flexibility index (Phi) is 3.06. The zero-order valence-electron chi connectivity index (χ0n) is 9.54. The molecule has 1 amide bonds. The molecule has 5 heteroatoms. The molecule has 0 bridgehead atoms. The molecule has 1 unspecified atom stereocenters. The molecule has 1 saturated heterocycles. The van der Waals surface area contributed by atoms with Gasteiger partial charge in [0.1, 0.15) is 0 Å². The molecule has 92 valence electrons. The molecule has 1 atom stereocenters. The van der Waals surface area contributed by atoms with Crippen molar-refractivity contribution in [3.05, 3.63) is 35.7 Å². The molecular weight excluding hydrogens is 268 g/mol. The Morgan fingerprint density at radius 3 is 2.78 bits per heavy atom.